The maximum absolute atomic E-state index is 11.2. The van der Waals surface area contributed by atoms with Gasteiger partial charge in [-0.3, -0.25) is 10.1 Å². The van der Waals surface area contributed by atoms with Crippen molar-refractivity contribution in [1.82, 2.24) is 14.9 Å². The molecule has 0 bridgehead atoms. The second kappa shape index (κ2) is 7.85. The van der Waals surface area contributed by atoms with Gasteiger partial charge in [0.1, 0.15) is 0 Å². The molecule has 144 valence electrons. The van der Waals surface area contributed by atoms with E-state index in [1.807, 2.05) is 12.1 Å². The molecule has 3 heterocycles. The number of nitrogens with one attached hydrogen (secondary N) is 1. The molecule has 1 saturated heterocycles. The number of anilines is 2. The van der Waals surface area contributed by atoms with Gasteiger partial charge in [-0.05, 0) is 0 Å². The number of aromatic nitrogens is 2. The van der Waals surface area contributed by atoms with E-state index in [1.165, 1.54) is 12.5 Å². The van der Waals surface area contributed by atoms with Crippen LogP contribution in [0.4, 0.5) is 11.8 Å². The average molecular weight is 482 g/mol. The fourth-order valence-electron chi connectivity index (χ4n) is 3.28. The van der Waals surface area contributed by atoms with Crippen LogP contribution in [-0.2, 0) is 4.79 Å². The van der Waals surface area contributed by atoms with Gasteiger partial charge in [0.15, 0.2) is 0 Å². The third-order valence-corrected chi connectivity index (χ3v) is 6.10. The molecule has 1 N–H and O–H groups in total. The van der Waals surface area contributed by atoms with E-state index in [0.29, 0.717) is 12.0 Å². The van der Waals surface area contributed by atoms with E-state index < -0.39 is 22.0 Å². The van der Waals surface area contributed by atoms with E-state index in [9.17, 15) is 4.79 Å². The molecule has 2 aliphatic heterocycles. The predicted molar refractivity (Wildman–Crippen MR) is 96.2 cm³/mol. The molecule has 1 aromatic carbocycles. The van der Waals surface area contributed by atoms with Gasteiger partial charge in [0.05, 0.1) is 0 Å². The number of halogens is 1. The van der Waals surface area contributed by atoms with Crippen molar-refractivity contribution in [2.24, 2.45) is 0 Å². The van der Waals surface area contributed by atoms with Crippen LogP contribution in [0.5, 0.6) is 11.5 Å². The normalized spacial score (nSPS) is 17.9. The molecule has 0 aliphatic carbocycles. The van der Waals surface area contributed by atoms with E-state index >= 15 is 0 Å². The predicted octanol–water partition coefficient (Wildman–Crippen LogP) is -0.992. The Bertz CT molecular complexity index is 841. The van der Waals surface area contributed by atoms with Gasteiger partial charge in [-0.25, -0.2) is 4.98 Å². The second-order valence-electron chi connectivity index (χ2n) is 6.54. The standard InChI is InChI=1S/C18H21IN5O3/c1-12(14-3-4-15-16(11-14)27-19-26-15)23-7-9-24(10-8-23)17-5-6-20-18(22-17)21-13(2)25/h3-6,11-12H,7-10H2,1-2H3,(H,20,21,22,25)/q-1. The van der Waals surface area contributed by atoms with E-state index in [-0.39, 0.29) is 5.91 Å². The van der Waals surface area contributed by atoms with Crippen LogP contribution in [0.15, 0.2) is 30.5 Å². The molecule has 1 fully saturated rings. The minimum atomic E-state index is -0.635. The van der Waals surface area contributed by atoms with Gasteiger partial charge in [0, 0.05) is 6.92 Å². The molecule has 1 atom stereocenters. The number of amides is 1. The molecule has 1 aromatic heterocycles. The number of benzene rings is 1. The van der Waals surface area contributed by atoms with Crippen molar-refractivity contribution in [2.75, 3.05) is 36.4 Å². The number of hydrogen-bond donors (Lipinski definition) is 1. The Morgan fingerprint density at radius 1 is 1.19 bits per heavy atom. The SMILES string of the molecule is CC(=O)Nc1nccc(N2CCN(C(C)c3ccc4c(c3)O[I-]O4)CC2)n1. The van der Waals surface area contributed by atoms with E-state index in [2.05, 4.69) is 44.1 Å². The quantitative estimate of drug-likeness (QED) is 0.561. The molecule has 2 aliphatic rings. The van der Waals surface area contributed by atoms with Crippen LogP contribution < -0.4 is 38.4 Å². The summed E-state index contributed by atoms with van der Waals surface area (Å²) in [7, 11) is 0. The Morgan fingerprint density at radius 3 is 2.74 bits per heavy atom. The number of carbonyl (C=O) groups is 1. The Hall–Kier alpha value is -2.14. The molecule has 0 saturated carbocycles. The summed E-state index contributed by atoms with van der Waals surface area (Å²) in [6.45, 7) is 7.29. The third kappa shape index (κ3) is 4.08. The number of fused-ring (bicyclic) bond motifs is 1. The van der Waals surface area contributed by atoms with Gasteiger partial charge >= 0.3 is 141 Å². The number of piperazine rings is 1. The van der Waals surface area contributed by atoms with Crippen molar-refractivity contribution < 1.29 is 33.0 Å². The Balaban J connectivity index is 1.39. The topological polar surface area (TPSA) is 79.8 Å². The molecular weight excluding hydrogens is 461 g/mol. The third-order valence-electron chi connectivity index (χ3n) is 4.79. The zero-order valence-electron chi connectivity index (χ0n) is 15.2. The van der Waals surface area contributed by atoms with Gasteiger partial charge in [-0.1, -0.05) is 0 Å². The summed E-state index contributed by atoms with van der Waals surface area (Å²) in [6, 6.07) is 8.42. The van der Waals surface area contributed by atoms with Crippen LogP contribution in [0.3, 0.4) is 0 Å². The second-order valence-corrected chi connectivity index (χ2v) is 7.78. The van der Waals surface area contributed by atoms with Gasteiger partial charge in [0.25, 0.3) is 0 Å². The van der Waals surface area contributed by atoms with Crippen LogP contribution in [0, 0.1) is 0 Å². The monoisotopic (exact) mass is 482 g/mol. The summed E-state index contributed by atoms with van der Waals surface area (Å²) >= 11 is -0.635. The first-order chi connectivity index (χ1) is 13.1. The number of nitrogens with zero attached hydrogens (tertiary/aromatic N) is 4. The van der Waals surface area contributed by atoms with E-state index in [4.69, 9.17) is 6.13 Å². The van der Waals surface area contributed by atoms with E-state index in [0.717, 1.165) is 43.5 Å². The molecule has 4 rings (SSSR count). The molecule has 0 radical (unpaired) electrons. The average Bonchev–Trinajstić information content (AvgIpc) is 3.15. The summed E-state index contributed by atoms with van der Waals surface area (Å²) in [5, 5.41) is 2.64. The van der Waals surface area contributed by atoms with Crippen molar-refractivity contribution in [3.63, 3.8) is 0 Å². The molecule has 9 heteroatoms. The number of rotatable bonds is 4. The summed E-state index contributed by atoms with van der Waals surface area (Å²) < 4.78 is 11.1. The van der Waals surface area contributed by atoms with Crippen molar-refractivity contribution in [1.29, 1.82) is 0 Å². The van der Waals surface area contributed by atoms with Gasteiger partial charge in [-0.2, -0.15) is 0 Å². The molecule has 1 amide bonds. The fraction of sp³-hybridized carbons (Fsp3) is 0.389. The summed E-state index contributed by atoms with van der Waals surface area (Å²) in [5.74, 6) is 2.75. The van der Waals surface area contributed by atoms with Crippen molar-refractivity contribution in [3.8, 4) is 11.5 Å². The first-order valence-corrected chi connectivity index (χ1v) is 10.6. The Morgan fingerprint density at radius 2 is 1.96 bits per heavy atom. The number of carbonyl (C=O) groups excluding carboxylic acids is 1. The van der Waals surface area contributed by atoms with Gasteiger partial charge in [-0.15, -0.1) is 0 Å². The van der Waals surface area contributed by atoms with E-state index in [1.54, 1.807) is 6.20 Å². The van der Waals surface area contributed by atoms with Gasteiger partial charge in [0.2, 0.25) is 5.91 Å². The maximum atomic E-state index is 11.2. The van der Waals surface area contributed by atoms with Crippen molar-refractivity contribution in [2.45, 2.75) is 19.9 Å². The fourth-order valence-corrected chi connectivity index (χ4v) is 4.47. The Kier molecular flexibility index (Phi) is 5.30. The molecule has 8 nitrogen and oxygen atoms in total. The van der Waals surface area contributed by atoms with Crippen LogP contribution in [-0.4, -0.2) is 47.0 Å². The Labute approximate surface area is 169 Å². The minimum absolute atomic E-state index is 0.170. The molecule has 1 unspecified atom stereocenters. The van der Waals surface area contributed by atoms with Crippen LogP contribution in [0.1, 0.15) is 25.5 Å². The summed E-state index contributed by atoms with van der Waals surface area (Å²) in [6.07, 6.45) is 1.68. The van der Waals surface area contributed by atoms with Crippen LogP contribution >= 0.6 is 0 Å². The van der Waals surface area contributed by atoms with Crippen LogP contribution in [0.2, 0.25) is 0 Å². The molecule has 27 heavy (non-hydrogen) atoms. The zero-order valence-corrected chi connectivity index (χ0v) is 17.3. The molecular formula is C18H21IN5O3-. The first-order valence-electron chi connectivity index (χ1n) is 8.82. The van der Waals surface area contributed by atoms with Crippen molar-refractivity contribution in [3.05, 3.63) is 36.0 Å². The summed E-state index contributed by atoms with van der Waals surface area (Å²) in [5.41, 5.74) is 1.24. The van der Waals surface area contributed by atoms with Crippen LogP contribution in [0.25, 0.3) is 0 Å². The zero-order chi connectivity index (χ0) is 18.8. The summed E-state index contributed by atoms with van der Waals surface area (Å²) in [4.78, 5) is 24.4. The van der Waals surface area contributed by atoms with Gasteiger partial charge < -0.3 is 0 Å². The van der Waals surface area contributed by atoms with Crippen molar-refractivity contribution >= 4 is 17.7 Å². The molecule has 2 aromatic rings. The first kappa shape index (κ1) is 18.2. The number of hydrogen-bond acceptors (Lipinski definition) is 7. The molecule has 0 spiro atoms.